The van der Waals surface area contributed by atoms with Crippen molar-refractivity contribution < 1.29 is 9.13 Å². The van der Waals surface area contributed by atoms with E-state index < -0.39 is 0 Å². The number of rotatable bonds is 2. The third-order valence-electron chi connectivity index (χ3n) is 1.68. The van der Waals surface area contributed by atoms with Crippen LogP contribution in [0.3, 0.4) is 0 Å². The molecule has 0 atom stereocenters. The minimum atomic E-state index is -0.381. The average molecular weight is 181 g/mol. The molecule has 4 nitrogen and oxygen atoms in total. The van der Waals surface area contributed by atoms with Crippen LogP contribution in [-0.2, 0) is 0 Å². The second-order valence-corrected chi connectivity index (χ2v) is 2.41. The van der Waals surface area contributed by atoms with Crippen LogP contribution in [-0.4, -0.2) is 7.11 Å². The van der Waals surface area contributed by atoms with Gasteiger partial charge in [0, 0.05) is 10.5 Å². The highest BCUT2D eigenvalue weighted by molar-refractivity contribution is 5.56. The summed E-state index contributed by atoms with van der Waals surface area (Å²) in [6.45, 7) is 1.56. The predicted molar refractivity (Wildman–Crippen MR) is 46.5 cm³/mol. The summed E-state index contributed by atoms with van der Waals surface area (Å²) in [7, 11) is 1.40. The van der Waals surface area contributed by atoms with Gasteiger partial charge in [-0.05, 0) is 24.6 Å². The van der Waals surface area contributed by atoms with Crippen molar-refractivity contribution in [1.82, 2.24) is 0 Å². The molecular weight excluding hydrogens is 173 g/mol. The monoisotopic (exact) mass is 181 g/mol. The van der Waals surface area contributed by atoms with E-state index in [2.05, 4.69) is 10.0 Å². The lowest BCUT2D eigenvalue weighted by Crippen LogP contribution is -1.90. The van der Waals surface area contributed by atoms with Crippen molar-refractivity contribution in [3.05, 3.63) is 34.0 Å². The molecule has 0 saturated heterocycles. The van der Waals surface area contributed by atoms with Gasteiger partial charge in [-0.15, -0.1) is 0 Å². The molecule has 0 saturated carbocycles. The minimum absolute atomic E-state index is 0.276. The molecule has 0 spiro atoms. The number of hydrogen-bond donors (Lipinski definition) is 0. The summed E-state index contributed by atoms with van der Waals surface area (Å²) in [4.78, 5) is 2.61. The molecule has 0 aliphatic heterocycles. The molecule has 68 valence electrons. The molecule has 1 aromatic rings. The van der Waals surface area contributed by atoms with Crippen molar-refractivity contribution in [2.45, 2.75) is 6.92 Å². The van der Waals surface area contributed by atoms with Crippen LogP contribution in [0.1, 0.15) is 5.56 Å². The van der Waals surface area contributed by atoms with Crippen LogP contribution in [0, 0.1) is 12.7 Å². The maximum atomic E-state index is 13.0. The van der Waals surface area contributed by atoms with Gasteiger partial charge in [0.15, 0.2) is 0 Å². The standard InChI is InChI=1S/C8H8FN3O/c1-5-6(9)3-4-7(11-12-10)8(5)13-2/h3-4H,1-2H3. The van der Waals surface area contributed by atoms with E-state index in [4.69, 9.17) is 10.3 Å². The van der Waals surface area contributed by atoms with E-state index in [0.29, 0.717) is 11.3 Å². The lowest BCUT2D eigenvalue weighted by molar-refractivity contribution is 0.408. The third kappa shape index (κ3) is 1.71. The summed E-state index contributed by atoms with van der Waals surface area (Å²) in [6.07, 6.45) is 0. The fourth-order valence-electron chi connectivity index (χ4n) is 1.04. The van der Waals surface area contributed by atoms with Crippen molar-refractivity contribution in [2.75, 3.05) is 7.11 Å². The Kier molecular flexibility index (Phi) is 2.72. The first kappa shape index (κ1) is 9.35. The fraction of sp³-hybridized carbons (Fsp3) is 0.250. The highest BCUT2D eigenvalue weighted by atomic mass is 19.1. The first-order valence-electron chi connectivity index (χ1n) is 3.59. The normalized spacial score (nSPS) is 9.15. The van der Waals surface area contributed by atoms with Gasteiger partial charge in [-0.2, -0.15) is 0 Å². The Morgan fingerprint density at radius 2 is 2.23 bits per heavy atom. The van der Waals surface area contributed by atoms with Gasteiger partial charge >= 0.3 is 0 Å². The van der Waals surface area contributed by atoms with Gasteiger partial charge in [0.1, 0.15) is 11.6 Å². The fourth-order valence-corrected chi connectivity index (χ4v) is 1.04. The van der Waals surface area contributed by atoms with Crippen molar-refractivity contribution in [2.24, 2.45) is 5.11 Å². The van der Waals surface area contributed by atoms with E-state index in [1.165, 1.54) is 19.2 Å². The second kappa shape index (κ2) is 3.78. The molecule has 0 aromatic heterocycles. The Morgan fingerprint density at radius 3 is 2.77 bits per heavy atom. The molecule has 0 fully saturated rings. The van der Waals surface area contributed by atoms with Crippen LogP contribution in [0.5, 0.6) is 5.75 Å². The summed E-state index contributed by atoms with van der Waals surface area (Å²) < 4.78 is 17.9. The number of benzene rings is 1. The Bertz CT molecular complexity index is 372. The molecule has 0 aliphatic carbocycles. The molecule has 0 radical (unpaired) electrons. The zero-order valence-corrected chi connectivity index (χ0v) is 7.28. The Morgan fingerprint density at radius 1 is 1.54 bits per heavy atom. The van der Waals surface area contributed by atoms with Crippen molar-refractivity contribution in [1.29, 1.82) is 0 Å². The number of hydrogen-bond acceptors (Lipinski definition) is 2. The minimum Gasteiger partial charge on any atom is -0.496 e. The lowest BCUT2D eigenvalue weighted by Gasteiger charge is -2.07. The van der Waals surface area contributed by atoms with E-state index >= 15 is 0 Å². The van der Waals surface area contributed by atoms with E-state index in [1.807, 2.05) is 0 Å². The van der Waals surface area contributed by atoms with Crippen LogP contribution in [0.4, 0.5) is 10.1 Å². The summed E-state index contributed by atoms with van der Waals surface area (Å²) in [5.41, 5.74) is 8.84. The van der Waals surface area contributed by atoms with Gasteiger partial charge in [-0.1, -0.05) is 5.11 Å². The van der Waals surface area contributed by atoms with Gasteiger partial charge in [0.05, 0.1) is 12.8 Å². The quantitative estimate of drug-likeness (QED) is 0.393. The van der Waals surface area contributed by atoms with Crippen LogP contribution in [0.25, 0.3) is 10.4 Å². The van der Waals surface area contributed by atoms with Crippen molar-refractivity contribution in [3.8, 4) is 5.75 Å². The molecule has 0 aliphatic rings. The molecule has 5 heteroatoms. The number of azide groups is 1. The van der Waals surface area contributed by atoms with E-state index in [0.717, 1.165) is 0 Å². The maximum Gasteiger partial charge on any atom is 0.134 e. The zero-order chi connectivity index (χ0) is 9.84. The maximum absolute atomic E-state index is 13.0. The number of nitrogens with zero attached hydrogens (tertiary/aromatic N) is 3. The summed E-state index contributed by atoms with van der Waals surface area (Å²) in [5, 5.41) is 3.37. The van der Waals surface area contributed by atoms with E-state index in [9.17, 15) is 4.39 Å². The molecule has 1 rings (SSSR count). The molecule has 0 N–H and O–H groups in total. The van der Waals surface area contributed by atoms with Gasteiger partial charge in [-0.3, -0.25) is 0 Å². The first-order valence-corrected chi connectivity index (χ1v) is 3.59. The third-order valence-corrected chi connectivity index (χ3v) is 1.68. The summed E-state index contributed by atoms with van der Waals surface area (Å²) in [5.74, 6) is -0.105. The number of ether oxygens (including phenoxy) is 1. The molecule has 0 amide bonds. The van der Waals surface area contributed by atoms with Gasteiger partial charge in [-0.25, -0.2) is 4.39 Å². The topological polar surface area (TPSA) is 58.0 Å². The highest BCUT2D eigenvalue weighted by Crippen LogP contribution is 2.32. The smallest absolute Gasteiger partial charge is 0.134 e. The van der Waals surface area contributed by atoms with Gasteiger partial charge < -0.3 is 4.74 Å². The number of methoxy groups -OCH3 is 1. The van der Waals surface area contributed by atoms with Gasteiger partial charge in [0.2, 0.25) is 0 Å². The second-order valence-electron chi connectivity index (χ2n) is 2.41. The summed E-state index contributed by atoms with van der Waals surface area (Å²) >= 11 is 0. The predicted octanol–water partition coefficient (Wildman–Crippen LogP) is 3.08. The van der Waals surface area contributed by atoms with Crippen molar-refractivity contribution in [3.63, 3.8) is 0 Å². The largest absolute Gasteiger partial charge is 0.496 e. The van der Waals surface area contributed by atoms with E-state index in [-0.39, 0.29) is 11.6 Å². The Balaban J connectivity index is 3.37. The van der Waals surface area contributed by atoms with Crippen LogP contribution >= 0.6 is 0 Å². The average Bonchev–Trinajstić information content (AvgIpc) is 2.12. The number of halogens is 1. The van der Waals surface area contributed by atoms with Crippen LogP contribution < -0.4 is 4.74 Å². The SMILES string of the molecule is COc1c(N=[N+]=[N-])ccc(F)c1C. The zero-order valence-electron chi connectivity index (χ0n) is 7.28. The van der Waals surface area contributed by atoms with Gasteiger partial charge in [0.25, 0.3) is 0 Å². The Labute approximate surface area is 74.6 Å². The highest BCUT2D eigenvalue weighted by Gasteiger charge is 2.08. The molecule has 0 heterocycles. The first-order chi connectivity index (χ1) is 6.20. The lowest BCUT2D eigenvalue weighted by atomic mass is 10.2. The molecular formula is C8H8FN3O. The van der Waals surface area contributed by atoms with Crippen LogP contribution in [0.15, 0.2) is 17.2 Å². The van der Waals surface area contributed by atoms with Crippen molar-refractivity contribution >= 4 is 5.69 Å². The molecule has 0 bridgehead atoms. The molecule has 13 heavy (non-hydrogen) atoms. The summed E-state index contributed by atoms with van der Waals surface area (Å²) in [6, 6.07) is 2.61. The van der Waals surface area contributed by atoms with Crippen LogP contribution in [0.2, 0.25) is 0 Å². The molecule has 1 aromatic carbocycles. The Hall–Kier alpha value is -1.74. The van der Waals surface area contributed by atoms with E-state index in [1.54, 1.807) is 6.92 Å². The molecule has 0 unspecified atom stereocenters.